The lowest BCUT2D eigenvalue weighted by Gasteiger charge is -2.26. The summed E-state index contributed by atoms with van der Waals surface area (Å²) in [5, 5.41) is 0.719. The summed E-state index contributed by atoms with van der Waals surface area (Å²) in [7, 11) is 1.68. The minimum atomic E-state index is 0.719. The Hall–Kier alpha value is -2.45. The Labute approximate surface area is 135 Å². The molecule has 0 heterocycles. The Bertz CT molecular complexity index is 741. The molecule has 0 amide bonds. The monoisotopic (exact) mass is 309 g/mol. The standard InChI is InChI=1S/C19H16ClNO/c1-22-19-10-6-5-9-18(19)21(16-7-3-2-4-8-16)17-13-11-15(20)12-14-17/h2-14H,1H3. The van der Waals surface area contributed by atoms with E-state index in [2.05, 4.69) is 17.0 Å². The van der Waals surface area contributed by atoms with Crippen LogP contribution >= 0.6 is 11.6 Å². The van der Waals surface area contributed by atoms with E-state index in [1.165, 1.54) is 0 Å². The fraction of sp³-hybridized carbons (Fsp3) is 0.0526. The van der Waals surface area contributed by atoms with E-state index in [9.17, 15) is 0 Å². The van der Waals surface area contributed by atoms with Crippen LogP contribution in [0.3, 0.4) is 0 Å². The van der Waals surface area contributed by atoms with E-state index in [0.717, 1.165) is 27.8 Å². The highest BCUT2D eigenvalue weighted by molar-refractivity contribution is 6.30. The molecule has 22 heavy (non-hydrogen) atoms. The van der Waals surface area contributed by atoms with Crippen molar-refractivity contribution in [2.45, 2.75) is 0 Å². The average molecular weight is 310 g/mol. The Morgan fingerprint density at radius 3 is 2.00 bits per heavy atom. The molecule has 0 aliphatic carbocycles. The fourth-order valence-electron chi connectivity index (χ4n) is 2.41. The third-order valence-corrected chi connectivity index (χ3v) is 3.68. The van der Waals surface area contributed by atoms with Crippen molar-refractivity contribution in [3.05, 3.63) is 83.9 Å². The minimum Gasteiger partial charge on any atom is -0.495 e. The van der Waals surface area contributed by atoms with Crippen molar-refractivity contribution < 1.29 is 4.74 Å². The molecule has 0 N–H and O–H groups in total. The van der Waals surface area contributed by atoms with E-state index in [-0.39, 0.29) is 0 Å². The van der Waals surface area contributed by atoms with E-state index in [1.54, 1.807) is 7.11 Å². The molecule has 3 rings (SSSR count). The van der Waals surface area contributed by atoms with Crippen molar-refractivity contribution in [3.8, 4) is 5.75 Å². The Kier molecular flexibility index (Phi) is 4.31. The molecule has 0 saturated heterocycles. The van der Waals surface area contributed by atoms with Gasteiger partial charge in [-0.25, -0.2) is 0 Å². The van der Waals surface area contributed by atoms with Crippen LogP contribution in [0.4, 0.5) is 17.1 Å². The second-order valence-electron chi connectivity index (χ2n) is 4.82. The molecule has 0 unspecified atom stereocenters. The van der Waals surface area contributed by atoms with Crippen molar-refractivity contribution in [1.82, 2.24) is 0 Å². The van der Waals surface area contributed by atoms with Gasteiger partial charge in [-0.3, -0.25) is 0 Å². The summed E-state index contributed by atoms with van der Waals surface area (Å²) in [5.41, 5.74) is 3.08. The largest absolute Gasteiger partial charge is 0.495 e. The molecule has 0 fully saturated rings. The zero-order chi connectivity index (χ0) is 15.4. The lowest BCUT2D eigenvalue weighted by atomic mass is 10.2. The second kappa shape index (κ2) is 6.54. The summed E-state index contributed by atoms with van der Waals surface area (Å²) in [5.74, 6) is 0.821. The van der Waals surface area contributed by atoms with Gasteiger partial charge in [0.2, 0.25) is 0 Å². The van der Waals surface area contributed by atoms with Crippen LogP contribution in [-0.4, -0.2) is 7.11 Å². The number of rotatable bonds is 4. The molecule has 110 valence electrons. The molecule has 0 saturated carbocycles. The fourth-order valence-corrected chi connectivity index (χ4v) is 2.53. The first-order valence-corrected chi connectivity index (χ1v) is 7.41. The summed E-state index contributed by atoms with van der Waals surface area (Å²) in [6, 6.07) is 25.9. The van der Waals surface area contributed by atoms with Crippen molar-refractivity contribution >= 4 is 28.7 Å². The molecule has 3 heteroatoms. The van der Waals surface area contributed by atoms with Crippen molar-refractivity contribution in [1.29, 1.82) is 0 Å². The Morgan fingerprint density at radius 2 is 1.32 bits per heavy atom. The highest BCUT2D eigenvalue weighted by Crippen LogP contribution is 2.39. The molecule has 0 atom stereocenters. The van der Waals surface area contributed by atoms with E-state index >= 15 is 0 Å². The van der Waals surface area contributed by atoms with Crippen LogP contribution in [0, 0.1) is 0 Å². The quantitative estimate of drug-likeness (QED) is 0.602. The van der Waals surface area contributed by atoms with Crippen LogP contribution in [0.1, 0.15) is 0 Å². The van der Waals surface area contributed by atoms with Crippen LogP contribution in [0.5, 0.6) is 5.75 Å². The molecule has 3 aromatic rings. The van der Waals surface area contributed by atoms with E-state index in [4.69, 9.17) is 16.3 Å². The van der Waals surface area contributed by atoms with Crippen LogP contribution < -0.4 is 9.64 Å². The normalized spacial score (nSPS) is 10.3. The summed E-state index contributed by atoms with van der Waals surface area (Å²) in [6.07, 6.45) is 0. The van der Waals surface area contributed by atoms with Gasteiger partial charge in [-0.2, -0.15) is 0 Å². The van der Waals surface area contributed by atoms with Gasteiger partial charge < -0.3 is 9.64 Å². The number of methoxy groups -OCH3 is 1. The van der Waals surface area contributed by atoms with Gasteiger partial charge in [0.25, 0.3) is 0 Å². The van der Waals surface area contributed by atoms with Gasteiger partial charge in [0.05, 0.1) is 12.8 Å². The van der Waals surface area contributed by atoms with E-state index in [1.807, 2.05) is 66.7 Å². The SMILES string of the molecule is COc1ccccc1N(c1ccccc1)c1ccc(Cl)cc1. The van der Waals surface area contributed by atoms with Crippen molar-refractivity contribution in [2.24, 2.45) is 0 Å². The first-order valence-electron chi connectivity index (χ1n) is 7.03. The number of anilines is 3. The topological polar surface area (TPSA) is 12.5 Å². The molecular weight excluding hydrogens is 294 g/mol. The molecule has 0 aliphatic heterocycles. The summed E-state index contributed by atoms with van der Waals surface area (Å²) < 4.78 is 5.53. The van der Waals surface area contributed by atoms with Gasteiger partial charge in [-0.1, -0.05) is 41.9 Å². The molecule has 0 aliphatic rings. The van der Waals surface area contributed by atoms with Gasteiger partial charge in [0, 0.05) is 16.4 Å². The van der Waals surface area contributed by atoms with Crippen molar-refractivity contribution in [2.75, 3.05) is 12.0 Å². The average Bonchev–Trinajstić information content (AvgIpc) is 2.58. The Morgan fingerprint density at radius 1 is 0.727 bits per heavy atom. The van der Waals surface area contributed by atoms with Crippen LogP contribution in [0.25, 0.3) is 0 Å². The summed E-state index contributed by atoms with van der Waals surface area (Å²) in [6.45, 7) is 0. The Balaban J connectivity index is 2.17. The highest BCUT2D eigenvalue weighted by Gasteiger charge is 2.15. The molecule has 2 nitrogen and oxygen atoms in total. The zero-order valence-corrected chi connectivity index (χ0v) is 13.0. The maximum absolute atomic E-state index is 6.02. The van der Waals surface area contributed by atoms with Gasteiger partial charge >= 0.3 is 0 Å². The van der Waals surface area contributed by atoms with E-state index in [0.29, 0.717) is 0 Å². The van der Waals surface area contributed by atoms with Crippen LogP contribution in [-0.2, 0) is 0 Å². The smallest absolute Gasteiger partial charge is 0.142 e. The summed E-state index contributed by atoms with van der Waals surface area (Å²) in [4.78, 5) is 2.15. The van der Waals surface area contributed by atoms with Crippen LogP contribution in [0.15, 0.2) is 78.9 Å². The predicted octanol–water partition coefficient (Wildman–Crippen LogP) is 5.82. The maximum atomic E-state index is 6.02. The maximum Gasteiger partial charge on any atom is 0.142 e. The summed E-state index contributed by atoms with van der Waals surface area (Å²) >= 11 is 6.02. The van der Waals surface area contributed by atoms with Gasteiger partial charge in [-0.05, 0) is 48.5 Å². The number of hydrogen-bond donors (Lipinski definition) is 0. The minimum absolute atomic E-state index is 0.719. The molecular formula is C19H16ClNO. The second-order valence-corrected chi connectivity index (χ2v) is 5.26. The first-order chi connectivity index (χ1) is 10.8. The zero-order valence-electron chi connectivity index (χ0n) is 12.2. The number of nitrogens with zero attached hydrogens (tertiary/aromatic N) is 1. The van der Waals surface area contributed by atoms with Gasteiger partial charge in [-0.15, -0.1) is 0 Å². The number of hydrogen-bond acceptors (Lipinski definition) is 2. The van der Waals surface area contributed by atoms with Crippen LogP contribution in [0.2, 0.25) is 5.02 Å². The lowest BCUT2D eigenvalue weighted by Crippen LogP contribution is -2.10. The third kappa shape index (κ3) is 2.92. The van der Waals surface area contributed by atoms with Crippen molar-refractivity contribution in [3.63, 3.8) is 0 Å². The molecule has 0 radical (unpaired) electrons. The molecule has 0 spiro atoms. The van der Waals surface area contributed by atoms with Gasteiger partial charge in [0.15, 0.2) is 0 Å². The number of halogens is 1. The van der Waals surface area contributed by atoms with E-state index < -0.39 is 0 Å². The molecule has 0 bridgehead atoms. The lowest BCUT2D eigenvalue weighted by molar-refractivity contribution is 0.416. The first kappa shape index (κ1) is 14.5. The number of ether oxygens (including phenoxy) is 1. The number of benzene rings is 3. The number of para-hydroxylation sites is 3. The molecule has 0 aromatic heterocycles. The predicted molar refractivity (Wildman–Crippen MR) is 92.7 cm³/mol. The van der Waals surface area contributed by atoms with Gasteiger partial charge in [0.1, 0.15) is 5.75 Å². The third-order valence-electron chi connectivity index (χ3n) is 3.43. The molecule has 3 aromatic carbocycles. The highest BCUT2D eigenvalue weighted by atomic mass is 35.5.